The Balaban J connectivity index is 1.98. The first-order valence-corrected chi connectivity index (χ1v) is 12.5. The summed E-state index contributed by atoms with van der Waals surface area (Å²) in [6.07, 6.45) is 6.93. The number of hydrogen-bond acceptors (Lipinski definition) is 6. The molecule has 0 radical (unpaired) electrons. The molecule has 3 fully saturated rings. The fourth-order valence-corrected chi connectivity index (χ4v) is 8.23. The summed E-state index contributed by atoms with van der Waals surface area (Å²) >= 11 is 1.62. The lowest BCUT2D eigenvalue weighted by Gasteiger charge is -2.40. The SMILES string of the molecule is C=CCOC(=O)[C@@H]1[C@@H]2CC(C)C3(S2)C(C(=O)N(CC=C)CCCCC)N(CCO)C(=O)[C@H]13. The van der Waals surface area contributed by atoms with E-state index in [1.165, 1.54) is 11.0 Å². The number of carbonyl (C=O) groups excluding carboxylic acids is 3. The lowest BCUT2D eigenvalue weighted by molar-refractivity contribution is -0.153. The minimum atomic E-state index is -0.698. The molecule has 8 heteroatoms. The van der Waals surface area contributed by atoms with Crippen molar-refractivity contribution in [2.75, 3.05) is 32.8 Å². The van der Waals surface area contributed by atoms with Gasteiger partial charge >= 0.3 is 5.97 Å². The zero-order chi connectivity index (χ0) is 23.5. The number of unbranched alkanes of at least 4 members (excludes halogenated alkanes) is 2. The van der Waals surface area contributed by atoms with E-state index in [1.807, 2.05) is 0 Å². The molecule has 178 valence electrons. The van der Waals surface area contributed by atoms with Crippen molar-refractivity contribution in [3.05, 3.63) is 25.3 Å². The van der Waals surface area contributed by atoms with E-state index in [4.69, 9.17) is 4.74 Å². The molecule has 3 heterocycles. The monoisotopic (exact) mass is 464 g/mol. The Morgan fingerprint density at radius 3 is 2.72 bits per heavy atom. The number of hydrogen-bond donors (Lipinski definition) is 1. The Morgan fingerprint density at radius 1 is 1.34 bits per heavy atom. The quantitative estimate of drug-likeness (QED) is 0.271. The second-order valence-electron chi connectivity index (χ2n) is 9.01. The average Bonchev–Trinajstić information content (AvgIpc) is 3.35. The van der Waals surface area contributed by atoms with Gasteiger partial charge in [-0.15, -0.1) is 18.3 Å². The number of esters is 1. The number of fused-ring (bicyclic) bond motifs is 1. The summed E-state index contributed by atoms with van der Waals surface area (Å²) in [7, 11) is 0. The average molecular weight is 465 g/mol. The van der Waals surface area contributed by atoms with Crippen molar-refractivity contribution >= 4 is 29.5 Å². The van der Waals surface area contributed by atoms with Gasteiger partial charge in [-0.25, -0.2) is 0 Å². The normalized spacial score (nSPS) is 32.7. The molecule has 3 aliphatic heterocycles. The van der Waals surface area contributed by atoms with Gasteiger partial charge in [-0.2, -0.15) is 0 Å². The van der Waals surface area contributed by atoms with E-state index < -0.39 is 28.6 Å². The molecule has 3 unspecified atom stereocenters. The summed E-state index contributed by atoms with van der Waals surface area (Å²) in [6.45, 7) is 12.6. The Morgan fingerprint density at radius 2 is 2.09 bits per heavy atom. The standard InChI is InChI=1S/C24H36N2O5S/c1-5-8-9-11-25(10-6-2)22(29)20-24-16(4)15-17(32-24)18(23(30)31-14-7-3)19(24)21(28)26(20)12-13-27/h6-7,16-20,27H,2-3,5,8-15H2,1,4H3/t16?,17-,18+,19-,20?,24?/m0/s1. The molecule has 7 nitrogen and oxygen atoms in total. The number of thioether (sulfide) groups is 1. The summed E-state index contributed by atoms with van der Waals surface area (Å²) in [5, 5.41) is 9.66. The van der Waals surface area contributed by atoms with Crippen LogP contribution in [-0.4, -0.2) is 81.6 Å². The number of likely N-dealkylation sites (tertiary alicyclic amines) is 1. The van der Waals surface area contributed by atoms with Gasteiger partial charge in [0.2, 0.25) is 11.8 Å². The zero-order valence-electron chi connectivity index (χ0n) is 19.2. The largest absolute Gasteiger partial charge is 0.461 e. The highest BCUT2D eigenvalue weighted by Gasteiger charge is 2.76. The molecule has 0 aromatic carbocycles. The Labute approximate surface area is 195 Å². The van der Waals surface area contributed by atoms with Gasteiger partial charge in [0, 0.05) is 24.9 Å². The minimum absolute atomic E-state index is 0.0456. The summed E-state index contributed by atoms with van der Waals surface area (Å²) in [4.78, 5) is 43.8. The van der Waals surface area contributed by atoms with E-state index in [-0.39, 0.29) is 42.7 Å². The highest BCUT2D eigenvalue weighted by Crippen LogP contribution is 2.68. The molecule has 1 spiro atoms. The second kappa shape index (κ2) is 10.4. The summed E-state index contributed by atoms with van der Waals surface area (Å²) in [6, 6.07) is -0.698. The van der Waals surface area contributed by atoms with E-state index >= 15 is 0 Å². The van der Waals surface area contributed by atoms with Crippen LogP contribution >= 0.6 is 11.8 Å². The van der Waals surface area contributed by atoms with Gasteiger partial charge in [-0.1, -0.05) is 45.4 Å². The van der Waals surface area contributed by atoms with Crippen molar-refractivity contribution in [1.29, 1.82) is 0 Å². The van der Waals surface area contributed by atoms with Crippen LogP contribution in [0.25, 0.3) is 0 Å². The predicted molar refractivity (Wildman–Crippen MR) is 125 cm³/mol. The molecular formula is C24H36N2O5S. The molecule has 32 heavy (non-hydrogen) atoms. The number of aliphatic hydroxyl groups is 1. The number of rotatable bonds is 12. The van der Waals surface area contributed by atoms with E-state index in [0.717, 1.165) is 25.7 Å². The lowest BCUT2D eigenvalue weighted by atomic mass is 9.66. The van der Waals surface area contributed by atoms with Gasteiger partial charge in [0.15, 0.2) is 0 Å². The zero-order valence-corrected chi connectivity index (χ0v) is 20.0. The van der Waals surface area contributed by atoms with Crippen molar-refractivity contribution in [3.63, 3.8) is 0 Å². The number of aliphatic hydroxyl groups excluding tert-OH is 1. The molecule has 0 aromatic rings. The number of β-amino-alcohol motifs (C(OH)–C–C–N with tert-alkyl or cyclic N) is 1. The maximum atomic E-state index is 13.9. The third kappa shape index (κ3) is 4.00. The molecule has 0 aromatic heterocycles. The van der Waals surface area contributed by atoms with E-state index in [1.54, 1.807) is 22.7 Å². The van der Waals surface area contributed by atoms with Crippen LogP contribution in [0.3, 0.4) is 0 Å². The third-order valence-electron chi connectivity index (χ3n) is 7.13. The van der Waals surface area contributed by atoms with Crippen molar-refractivity contribution in [2.45, 2.75) is 55.6 Å². The molecule has 0 aliphatic carbocycles. The minimum Gasteiger partial charge on any atom is -0.461 e. The molecule has 3 aliphatic rings. The van der Waals surface area contributed by atoms with Crippen LogP contribution in [0.5, 0.6) is 0 Å². The maximum absolute atomic E-state index is 13.9. The first-order chi connectivity index (χ1) is 15.4. The summed E-state index contributed by atoms with van der Waals surface area (Å²) in [5.74, 6) is -1.81. The maximum Gasteiger partial charge on any atom is 0.311 e. The molecule has 2 bridgehead atoms. The van der Waals surface area contributed by atoms with Crippen LogP contribution in [0.4, 0.5) is 0 Å². The number of carbonyl (C=O) groups is 3. The van der Waals surface area contributed by atoms with E-state index in [2.05, 4.69) is 27.0 Å². The second-order valence-corrected chi connectivity index (χ2v) is 10.6. The number of ether oxygens (including phenoxy) is 1. The molecule has 6 atom stereocenters. The van der Waals surface area contributed by atoms with Crippen molar-refractivity contribution in [1.82, 2.24) is 9.80 Å². The Kier molecular flexibility index (Phi) is 8.09. The van der Waals surface area contributed by atoms with Crippen LogP contribution < -0.4 is 0 Å². The Bertz CT molecular complexity index is 759. The molecular weight excluding hydrogens is 428 g/mol. The fourth-order valence-electron chi connectivity index (χ4n) is 5.83. The van der Waals surface area contributed by atoms with Gasteiger partial charge in [-0.3, -0.25) is 14.4 Å². The smallest absolute Gasteiger partial charge is 0.311 e. The van der Waals surface area contributed by atoms with Crippen LogP contribution in [0.2, 0.25) is 0 Å². The van der Waals surface area contributed by atoms with Gasteiger partial charge in [0.25, 0.3) is 0 Å². The molecule has 3 saturated heterocycles. The van der Waals surface area contributed by atoms with Gasteiger partial charge < -0.3 is 19.6 Å². The highest BCUT2D eigenvalue weighted by atomic mass is 32.2. The van der Waals surface area contributed by atoms with Crippen LogP contribution in [0, 0.1) is 17.8 Å². The fraction of sp³-hybridized carbons (Fsp3) is 0.708. The molecule has 1 N–H and O–H groups in total. The Hall–Kier alpha value is -1.80. The van der Waals surface area contributed by atoms with Crippen molar-refractivity contribution in [3.8, 4) is 0 Å². The van der Waals surface area contributed by atoms with Crippen molar-refractivity contribution in [2.24, 2.45) is 17.8 Å². The summed E-state index contributed by atoms with van der Waals surface area (Å²) in [5.41, 5.74) is 0. The molecule has 0 saturated carbocycles. The summed E-state index contributed by atoms with van der Waals surface area (Å²) < 4.78 is 4.68. The molecule has 2 amide bonds. The first-order valence-electron chi connectivity index (χ1n) is 11.6. The van der Waals surface area contributed by atoms with Gasteiger partial charge in [0.1, 0.15) is 12.6 Å². The predicted octanol–water partition coefficient (Wildman–Crippen LogP) is 2.25. The molecule has 3 rings (SSSR count). The van der Waals surface area contributed by atoms with E-state index in [0.29, 0.717) is 13.1 Å². The van der Waals surface area contributed by atoms with E-state index in [9.17, 15) is 19.5 Å². The first kappa shape index (κ1) is 24.8. The topological polar surface area (TPSA) is 87.2 Å². The number of amides is 2. The number of nitrogens with zero attached hydrogens (tertiary/aromatic N) is 2. The van der Waals surface area contributed by atoms with Crippen LogP contribution in [0.15, 0.2) is 25.3 Å². The van der Waals surface area contributed by atoms with Gasteiger partial charge in [-0.05, 0) is 18.8 Å². The highest BCUT2D eigenvalue weighted by molar-refractivity contribution is 8.02. The third-order valence-corrected chi connectivity index (χ3v) is 9.20. The van der Waals surface area contributed by atoms with Crippen LogP contribution in [-0.2, 0) is 19.1 Å². The van der Waals surface area contributed by atoms with Crippen molar-refractivity contribution < 1.29 is 24.2 Å². The lowest BCUT2D eigenvalue weighted by Crippen LogP contribution is -2.57. The van der Waals surface area contributed by atoms with Crippen LogP contribution in [0.1, 0.15) is 39.5 Å². The van der Waals surface area contributed by atoms with Gasteiger partial charge in [0.05, 0.1) is 23.2 Å².